The summed E-state index contributed by atoms with van der Waals surface area (Å²) < 4.78 is 26.8. The van der Waals surface area contributed by atoms with E-state index in [1.54, 1.807) is 39.8 Å². The van der Waals surface area contributed by atoms with Crippen molar-refractivity contribution in [1.29, 1.82) is 0 Å². The molecule has 3 N–H and O–H groups in total. The molecule has 1 aromatic carbocycles. The highest BCUT2D eigenvalue weighted by Gasteiger charge is 2.22. The van der Waals surface area contributed by atoms with Crippen molar-refractivity contribution >= 4 is 27.2 Å². The maximum absolute atomic E-state index is 12.1. The zero-order valence-electron chi connectivity index (χ0n) is 10.9. The maximum Gasteiger partial charge on any atom is 0.241 e. The fourth-order valence-corrected chi connectivity index (χ4v) is 3.27. The first-order valence-corrected chi connectivity index (χ1v) is 7.36. The number of thiocarbonyl (C=S) groups is 1. The van der Waals surface area contributed by atoms with Crippen molar-refractivity contribution < 1.29 is 8.42 Å². The third-order valence-electron chi connectivity index (χ3n) is 2.21. The van der Waals surface area contributed by atoms with Gasteiger partial charge in [0, 0.05) is 11.1 Å². The lowest BCUT2D eigenvalue weighted by Gasteiger charge is -2.20. The Kier molecular flexibility index (Phi) is 4.15. The summed E-state index contributed by atoms with van der Waals surface area (Å²) in [5.41, 5.74) is 6.47. The Morgan fingerprint density at radius 1 is 1.33 bits per heavy atom. The minimum absolute atomic E-state index is 0.218. The van der Waals surface area contributed by atoms with E-state index in [-0.39, 0.29) is 9.88 Å². The van der Waals surface area contributed by atoms with Crippen LogP contribution in [0.25, 0.3) is 0 Å². The van der Waals surface area contributed by atoms with Gasteiger partial charge in [0.2, 0.25) is 10.0 Å². The predicted molar refractivity (Wildman–Crippen MR) is 77.1 cm³/mol. The SMILES string of the molecule is Cc1cc(S(=O)(=O)NC(C)(C)C)ccc1C(N)=S. The highest BCUT2D eigenvalue weighted by Crippen LogP contribution is 2.17. The van der Waals surface area contributed by atoms with E-state index in [1.807, 2.05) is 0 Å². The fourth-order valence-electron chi connectivity index (χ4n) is 1.54. The van der Waals surface area contributed by atoms with Crippen LogP contribution in [0.4, 0.5) is 0 Å². The van der Waals surface area contributed by atoms with Crippen molar-refractivity contribution in [1.82, 2.24) is 4.72 Å². The van der Waals surface area contributed by atoms with Crippen molar-refractivity contribution in [2.75, 3.05) is 0 Å². The molecule has 0 saturated heterocycles. The Bertz CT molecular complexity index is 572. The number of nitrogens with two attached hydrogens (primary N) is 1. The first-order chi connectivity index (χ1) is 8.03. The maximum atomic E-state index is 12.1. The highest BCUT2D eigenvalue weighted by molar-refractivity contribution is 7.89. The zero-order valence-corrected chi connectivity index (χ0v) is 12.6. The second-order valence-corrected chi connectivity index (χ2v) is 7.32. The molecule has 0 fully saturated rings. The van der Waals surface area contributed by atoms with Gasteiger partial charge in [0.1, 0.15) is 4.99 Å². The van der Waals surface area contributed by atoms with Gasteiger partial charge in [-0.25, -0.2) is 13.1 Å². The quantitative estimate of drug-likeness (QED) is 0.830. The summed E-state index contributed by atoms with van der Waals surface area (Å²) in [4.78, 5) is 0.482. The van der Waals surface area contributed by atoms with Crippen molar-refractivity contribution in [3.63, 3.8) is 0 Å². The Morgan fingerprint density at radius 3 is 2.28 bits per heavy atom. The van der Waals surface area contributed by atoms with E-state index in [0.29, 0.717) is 5.56 Å². The smallest absolute Gasteiger partial charge is 0.241 e. The van der Waals surface area contributed by atoms with E-state index in [2.05, 4.69) is 4.72 Å². The van der Waals surface area contributed by atoms with Crippen LogP contribution in [-0.4, -0.2) is 18.9 Å². The Hall–Kier alpha value is -0.980. The molecule has 0 bridgehead atoms. The van der Waals surface area contributed by atoms with Crippen molar-refractivity contribution in [3.8, 4) is 0 Å². The zero-order chi connectivity index (χ0) is 14.1. The molecular weight excluding hydrogens is 268 g/mol. The van der Waals surface area contributed by atoms with Crippen LogP contribution in [0.2, 0.25) is 0 Å². The second-order valence-electron chi connectivity index (χ2n) is 5.20. The minimum atomic E-state index is -3.52. The number of hydrogen-bond donors (Lipinski definition) is 2. The van der Waals surface area contributed by atoms with E-state index < -0.39 is 15.6 Å². The average molecular weight is 286 g/mol. The molecule has 0 aliphatic rings. The first kappa shape index (κ1) is 15.1. The fraction of sp³-hybridized carbons (Fsp3) is 0.417. The summed E-state index contributed by atoms with van der Waals surface area (Å²) in [6.45, 7) is 7.16. The van der Waals surface area contributed by atoms with Gasteiger partial charge in [-0.3, -0.25) is 0 Å². The van der Waals surface area contributed by atoms with Gasteiger partial charge in [-0.15, -0.1) is 0 Å². The van der Waals surface area contributed by atoms with E-state index >= 15 is 0 Å². The Labute approximate surface area is 114 Å². The van der Waals surface area contributed by atoms with Crippen molar-refractivity contribution in [2.24, 2.45) is 5.73 Å². The Morgan fingerprint density at radius 2 is 1.89 bits per heavy atom. The van der Waals surface area contributed by atoms with Crippen LogP contribution in [0.5, 0.6) is 0 Å². The van der Waals surface area contributed by atoms with Crippen LogP contribution in [-0.2, 0) is 10.0 Å². The lowest BCUT2D eigenvalue weighted by atomic mass is 10.1. The molecule has 0 spiro atoms. The molecule has 0 amide bonds. The molecule has 18 heavy (non-hydrogen) atoms. The van der Waals surface area contributed by atoms with Gasteiger partial charge >= 0.3 is 0 Å². The molecule has 1 aromatic rings. The van der Waals surface area contributed by atoms with Crippen LogP contribution in [0.15, 0.2) is 23.1 Å². The summed E-state index contributed by atoms with van der Waals surface area (Å²) in [7, 11) is -3.52. The van der Waals surface area contributed by atoms with Gasteiger partial charge in [0.25, 0.3) is 0 Å². The lowest BCUT2D eigenvalue weighted by Crippen LogP contribution is -2.40. The number of benzene rings is 1. The number of nitrogens with one attached hydrogen (secondary N) is 1. The number of aryl methyl sites for hydroxylation is 1. The minimum Gasteiger partial charge on any atom is -0.389 e. The first-order valence-electron chi connectivity index (χ1n) is 5.47. The van der Waals surface area contributed by atoms with E-state index in [1.165, 1.54) is 6.07 Å². The van der Waals surface area contributed by atoms with Gasteiger partial charge in [0.05, 0.1) is 4.90 Å². The third kappa shape index (κ3) is 3.76. The molecule has 6 heteroatoms. The molecular formula is C12H18N2O2S2. The molecule has 0 unspecified atom stereocenters. The summed E-state index contributed by atoms with van der Waals surface area (Å²) in [5, 5.41) is 0. The molecule has 0 aromatic heterocycles. The standard InChI is InChI=1S/C12H18N2O2S2/c1-8-7-9(5-6-10(8)11(13)17)18(15,16)14-12(2,3)4/h5-7,14H,1-4H3,(H2,13,17). The summed E-state index contributed by atoms with van der Waals surface area (Å²) >= 11 is 4.89. The molecule has 100 valence electrons. The van der Waals surface area contributed by atoms with Crippen molar-refractivity contribution in [3.05, 3.63) is 29.3 Å². The number of sulfonamides is 1. The Balaban J connectivity index is 3.20. The molecule has 0 heterocycles. The lowest BCUT2D eigenvalue weighted by molar-refractivity contribution is 0.491. The van der Waals surface area contributed by atoms with Gasteiger partial charge in [-0.05, 0) is 45.4 Å². The number of rotatable bonds is 3. The molecule has 1 rings (SSSR count). The second kappa shape index (κ2) is 4.95. The third-order valence-corrected chi connectivity index (χ3v) is 4.19. The molecule has 0 saturated carbocycles. The van der Waals surface area contributed by atoms with Crippen LogP contribution in [0.1, 0.15) is 31.9 Å². The van der Waals surface area contributed by atoms with Crippen LogP contribution in [0.3, 0.4) is 0 Å². The topological polar surface area (TPSA) is 72.2 Å². The monoisotopic (exact) mass is 286 g/mol. The normalized spacial score (nSPS) is 12.4. The van der Waals surface area contributed by atoms with Crippen molar-refractivity contribution in [2.45, 2.75) is 38.1 Å². The van der Waals surface area contributed by atoms with Crippen LogP contribution in [0, 0.1) is 6.92 Å². The largest absolute Gasteiger partial charge is 0.389 e. The van der Waals surface area contributed by atoms with E-state index in [0.717, 1.165) is 5.56 Å². The van der Waals surface area contributed by atoms with Gasteiger partial charge in [0.15, 0.2) is 0 Å². The summed E-state index contributed by atoms with van der Waals surface area (Å²) in [6, 6.07) is 4.72. The highest BCUT2D eigenvalue weighted by atomic mass is 32.2. The molecule has 0 aliphatic heterocycles. The summed E-state index contributed by atoms with van der Waals surface area (Å²) in [6.07, 6.45) is 0. The summed E-state index contributed by atoms with van der Waals surface area (Å²) in [5.74, 6) is 0. The van der Waals surface area contributed by atoms with E-state index in [4.69, 9.17) is 18.0 Å². The average Bonchev–Trinajstić information content (AvgIpc) is 2.12. The molecule has 0 radical (unpaired) electrons. The number of hydrogen-bond acceptors (Lipinski definition) is 3. The molecule has 4 nitrogen and oxygen atoms in total. The van der Waals surface area contributed by atoms with Crippen LogP contribution < -0.4 is 10.5 Å². The molecule has 0 aliphatic carbocycles. The van der Waals surface area contributed by atoms with Gasteiger partial charge in [-0.2, -0.15) is 0 Å². The van der Waals surface area contributed by atoms with E-state index in [9.17, 15) is 8.42 Å². The van der Waals surface area contributed by atoms with Gasteiger partial charge < -0.3 is 5.73 Å². The van der Waals surface area contributed by atoms with Crippen LogP contribution >= 0.6 is 12.2 Å². The van der Waals surface area contributed by atoms with Gasteiger partial charge in [-0.1, -0.05) is 18.3 Å². The molecule has 0 atom stereocenters. The predicted octanol–water partition coefficient (Wildman–Crippen LogP) is 1.71.